The zero-order valence-electron chi connectivity index (χ0n) is 12.5. The van der Waals surface area contributed by atoms with E-state index in [0.29, 0.717) is 11.8 Å². The van der Waals surface area contributed by atoms with Crippen molar-refractivity contribution < 1.29 is 9.18 Å². The summed E-state index contributed by atoms with van der Waals surface area (Å²) in [6.07, 6.45) is 0. The Kier molecular flexibility index (Phi) is 4.37. The van der Waals surface area contributed by atoms with Crippen molar-refractivity contribution in [3.63, 3.8) is 0 Å². The Morgan fingerprint density at radius 2 is 1.70 bits per heavy atom. The maximum absolute atomic E-state index is 13.1. The first-order valence-electron chi connectivity index (χ1n) is 7.61. The molecule has 3 nitrogen and oxygen atoms in total. The highest BCUT2D eigenvalue weighted by atomic mass is 35.5. The molecule has 0 unspecified atom stereocenters. The lowest BCUT2D eigenvalue weighted by Crippen LogP contribution is -2.28. The summed E-state index contributed by atoms with van der Waals surface area (Å²) in [6, 6.07) is 12.4. The first-order valence-corrected chi connectivity index (χ1v) is 7.61. The van der Waals surface area contributed by atoms with Crippen LogP contribution in [0.2, 0.25) is 0 Å². The lowest BCUT2D eigenvalue weighted by atomic mass is 9.86. The van der Waals surface area contributed by atoms with E-state index in [1.807, 2.05) is 12.1 Å². The summed E-state index contributed by atoms with van der Waals surface area (Å²) >= 11 is 0. The van der Waals surface area contributed by atoms with Crippen molar-refractivity contribution in [3.8, 4) is 11.1 Å². The van der Waals surface area contributed by atoms with Crippen LogP contribution in [0.3, 0.4) is 0 Å². The number of benzene rings is 2. The van der Waals surface area contributed by atoms with Crippen molar-refractivity contribution in [2.75, 3.05) is 19.6 Å². The van der Waals surface area contributed by atoms with Gasteiger partial charge in [0.15, 0.2) is 0 Å². The summed E-state index contributed by atoms with van der Waals surface area (Å²) in [5, 5.41) is 6.43. The molecule has 0 radical (unpaired) electrons. The van der Waals surface area contributed by atoms with Gasteiger partial charge in [-0.3, -0.25) is 4.79 Å². The minimum Gasteiger partial charge on any atom is -0.352 e. The van der Waals surface area contributed by atoms with Crippen LogP contribution in [0.15, 0.2) is 42.5 Å². The Balaban J connectivity index is 0.00000156. The van der Waals surface area contributed by atoms with Crippen LogP contribution in [0, 0.1) is 11.7 Å². The number of hydrogen-bond acceptors (Lipinski definition) is 2. The van der Waals surface area contributed by atoms with Crippen LogP contribution in [0.1, 0.15) is 21.8 Å². The molecule has 2 N–H and O–H groups in total. The maximum Gasteiger partial charge on any atom is 0.251 e. The number of carbonyl (C=O) groups excluding carboxylic acids is 1. The SMILES string of the molecule is Cl.O=C1NC[C@H]2CNC[C@@H]2c2ccc(-c3ccc(F)cc3)cc21. The predicted octanol–water partition coefficient (Wildman–Crippen LogP) is 2.96. The first-order chi connectivity index (χ1) is 10.7. The van der Waals surface area contributed by atoms with Crippen LogP contribution in [-0.2, 0) is 0 Å². The van der Waals surface area contributed by atoms with E-state index in [9.17, 15) is 9.18 Å². The molecule has 4 rings (SSSR count). The molecule has 2 aliphatic rings. The molecule has 2 aliphatic heterocycles. The minimum absolute atomic E-state index is 0. The summed E-state index contributed by atoms with van der Waals surface area (Å²) < 4.78 is 13.1. The molecule has 0 aliphatic carbocycles. The van der Waals surface area contributed by atoms with E-state index in [-0.39, 0.29) is 24.1 Å². The Morgan fingerprint density at radius 1 is 0.957 bits per heavy atom. The fraction of sp³-hybridized carbons (Fsp3) is 0.278. The predicted molar refractivity (Wildman–Crippen MR) is 90.5 cm³/mol. The monoisotopic (exact) mass is 332 g/mol. The van der Waals surface area contributed by atoms with Crippen LogP contribution in [0.25, 0.3) is 11.1 Å². The van der Waals surface area contributed by atoms with Gasteiger partial charge in [-0.05, 0) is 40.8 Å². The largest absolute Gasteiger partial charge is 0.352 e. The summed E-state index contributed by atoms with van der Waals surface area (Å²) in [5.74, 6) is 0.586. The maximum atomic E-state index is 13.1. The lowest BCUT2D eigenvalue weighted by Gasteiger charge is -2.16. The highest BCUT2D eigenvalue weighted by Gasteiger charge is 2.34. The molecule has 120 valence electrons. The van der Waals surface area contributed by atoms with E-state index in [1.165, 1.54) is 12.1 Å². The minimum atomic E-state index is -0.254. The third kappa shape index (κ3) is 2.84. The number of nitrogens with one attached hydrogen (secondary N) is 2. The van der Waals surface area contributed by atoms with E-state index in [2.05, 4.69) is 16.7 Å². The lowest BCUT2D eigenvalue weighted by molar-refractivity contribution is 0.0952. The number of amides is 1. The van der Waals surface area contributed by atoms with Gasteiger partial charge in [0.1, 0.15) is 5.82 Å². The van der Waals surface area contributed by atoms with Crippen molar-refractivity contribution in [3.05, 3.63) is 59.4 Å². The van der Waals surface area contributed by atoms with Crippen LogP contribution in [0.5, 0.6) is 0 Å². The van der Waals surface area contributed by atoms with Crippen LogP contribution >= 0.6 is 12.4 Å². The van der Waals surface area contributed by atoms with Gasteiger partial charge >= 0.3 is 0 Å². The molecule has 23 heavy (non-hydrogen) atoms. The average molecular weight is 333 g/mol. The normalized spacial score (nSPS) is 22.4. The fourth-order valence-corrected chi connectivity index (χ4v) is 3.53. The van der Waals surface area contributed by atoms with Gasteiger partial charge in [0.25, 0.3) is 5.91 Å². The van der Waals surface area contributed by atoms with E-state index < -0.39 is 0 Å². The molecule has 2 aromatic carbocycles. The van der Waals surface area contributed by atoms with Gasteiger partial charge in [0, 0.05) is 31.1 Å². The highest BCUT2D eigenvalue weighted by Crippen LogP contribution is 2.34. The van der Waals surface area contributed by atoms with Gasteiger partial charge in [-0.15, -0.1) is 12.4 Å². The van der Waals surface area contributed by atoms with E-state index in [1.54, 1.807) is 12.1 Å². The fourth-order valence-electron chi connectivity index (χ4n) is 3.53. The second kappa shape index (κ2) is 6.30. The molecule has 2 heterocycles. The molecule has 5 heteroatoms. The molecule has 2 aromatic rings. The quantitative estimate of drug-likeness (QED) is 0.843. The molecular formula is C18H18ClFN2O. The number of carbonyl (C=O) groups is 1. The molecule has 0 spiro atoms. The van der Waals surface area contributed by atoms with Crippen LogP contribution in [-0.4, -0.2) is 25.5 Å². The molecule has 1 saturated heterocycles. The zero-order valence-corrected chi connectivity index (χ0v) is 13.3. The van der Waals surface area contributed by atoms with Gasteiger partial charge in [0.2, 0.25) is 0 Å². The van der Waals surface area contributed by atoms with Crippen molar-refractivity contribution in [2.24, 2.45) is 5.92 Å². The smallest absolute Gasteiger partial charge is 0.251 e. The number of hydrogen-bond donors (Lipinski definition) is 2. The first kappa shape index (κ1) is 16.0. The second-order valence-corrected chi connectivity index (χ2v) is 6.04. The average Bonchev–Trinajstić information content (AvgIpc) is 2.96. The summed E-state index contributed by atoms with van der Waals surface area (Å²) in [7, 11) is 0. The number of halogens is 2. The van der Waals surface area contributed by atoms with Crippen molar-refractivity contribution in [2.45, 2.75) is 5.92 Å². The molecule has 0 aromatic heterocycles. The summed E-state index contributed by atoms with van der Waals surface area (Å²) in [5.41, 5.74) is 3.73. The molecule has 2 atom stereocenters. The van der Waals surface area contributed by atoms with E-state index in [4.69, 9.17) is 0 Å². The molecule has 0 saturated carbocycles. The van der Waals surface area contributed by atoms with E-state index in [0.717, 1.165) is 41.9 Å². The Hall–Kier alpha value is -1.91. The van der Waals surface area contributed by atoms with Crippen molar-refractivity contribution >= 4 is 18.3 Å². The number of fused-ring (bicyclic) bond motifs is 3. The van der Waals surface area contributed by atoms with Crippen LogP contribution in [0.4, 0.5) is 4.39 Å². The van der Waals surface area contributed by atoms with Gasteiger partial charge in [-0.25, -0.2) is 4.39 Å². The molecular weight excluding hydrogens is 315 g/mol. The van der Waals surface area contributed by atoms with Crippen molar-refractivity contribution in [1.29, 1.82) is 0 Å². The Labute approximate surface area is 140 Å². The van der Waals surface area contributed by atoms with Gasteiger partial charge in [0.05, 0.1) is 0 Å². The standard InChI is InChI=1S/C18H17FN2O.ClH/c19-14-4-1-11(2-5-14)12-3-6-15-16(7-12)18(22)21-9-13-8-20-10-17(13)15;/h1-7,13,17,20H,8-10H2,(H,21,22);1H/t13-,17+;/m1./s1. The summed E-state index contributed by atoms with van der Waals surface area (Å²) in [6.45, 7) is 2.59. The zero-order chi connectivity index (χ0) is 15.1. The molecule has 1 fully saturated rings. The third-order valence-corrected chi connectivity index (χ3v) is 4.74. The number of rotatable bonds is 1. The molecule has 0 bridgehead atoms. The Bertz CT molecular complexity index is 732. The van der Waals surface area contributed by atoms with Gasteiger partial charge < -0.3 is 10.6 Å². The van der Waals surface area contributed by atoms with Crippen molar-refractivity contribution in [1.82, 2.24) is 10.6 Å². The van der Waals surface area contributed by atoms with E-state index >= 15 is 0 Å². The van der Waals surface area contributed by atoms with Crippen LogP contribution < -0.4 is 10.6 Å². The third-order valence-electron chi connectivity index (χ3n) is 4.74. The Morgan fingerprint density at radius 3 is 2.48 bits per heavy atom. The van der Waals surface area contributed by atoms with Gasteiger partial charge in [-0.2, -0.15) is 0 Å². The second-order valence-electron chi connectivity index (χ2n) is 6.04. The molecule has 1 amide bonds. The highest BCUT2D eigenvalue weighted by molar-refractivity contribution is 5.97. The van der Waals surface area contributed by atoms with Gasteiger partial charge in [-0.1, -0.05) is 24.3 Å². The topological polar surface area (TPSA) is 41.1 Å². The summed E-state index contributed by atoms with van der Waals surface area (Å²) in [4.78, 5) is 12.4.